The van der Waals surface area contributed by atoms with Crippen molar-refractivity contribution in [2.75, 3.05) is 25.6 Å². The number of halogens is 1. The van der Waals surface area contributed by atoms with Crippen molar-refractivity contribution in [1.82, 2.24) is 10.2 Å². The van der Waals surface area contributed by atoms with Crippen LogP contribution in [0, 0.1) is 17.8 Å². The number of nitrogens with zero attached hydrogens (tertiary/aromatic N) is 1. The van der Waals surface area contributed by atoms with Crippen LogP contribution in [0.4, 0.5) is 5.69 Å². The zero-order valence-corrected chi connectivity index (χ0v) is 16.2. The highest BCUT2D eigenvalue weighted by molar-refractivity contribution is 6.31. The fourth-order valence-corrected chi connectivity index (χ4v) is 4.91. The van der Waals surface area contributed by atoms with E-state index < -0.39 is 17.4 Å². The van der Waals surface area contributed by atoms with Gasteiger partial charge in [0.2, 0.25) is 17.7 Å². The van der Waals surface area contributed by atoms with Gasteiger partial charge in [0.1, 0.15) is 5.54 Å². The monoisotopic (exact) mass is 391 g/mol. The van der Waals surface area contributed by atoms with Crippen LogP contribution < -0.4 is 10.6 Å². The van der Waals surface area contributed by atoms with Crippen LogP contribution in [0.3, 0.4) is 0 Å². The van der Waals surface area contributed by atoms with Crippen molar-refractivity contribution < 1.29 is 19.1 Å². The highest BCUT2D eigenvalue weighted by Crippen LogP contribution is 2.54. The Kier molecular flexibility index (Phi) is 4.29. The number of imide groups is 1. The lowest BCUT2D eigenvalue weighted by molar-refractivity contribution is -0.143. The maximum atomic E-state index is 13.3. The van der Waals surface area contributed by atoms with Gasteiger partial charge in [0.15, 0.2) is 0 Å². The van der Waals surface area contributed by atoms with E-state index in [0.29, 0.717) is 16.3 Å². The van der Waals surface area contributed by atoms with Gasteiger partial charge in [-0.3, -0.25) is 24.6 Å². The number of methoxy groups -OCH3 is 1. The lowest BCUT2D eigenvalue weighted by Gasteiger charge is -2.30. The Morgan fingerprint density at radius 3 is 2.67 bits per heavy atom. The Hall–Kier alpha value is -1.96. The number of hydrogen-bond donors (Lipinski definition) is 2. The standard InChI is InChI=1S/C19H22ClN3O4/c1-9(2)15-13-14(17(25)23(16(13)24)6-7-27-3)19(22-15)11-8-10(20)4-5-12(11)21-18(19)26/h4-5,8-9,13-15,22H,6-7H2,1-3H3,(H,21,26)/t13-,14+,15-,19+/m0/s1. The second-order valence-corrected chi connectivity index (χ2v) is 8.13. The van der Waals surface area contributed by atoms with E-state index in [9.17, 15) is 14.4 Å². The van der Waals surface area contributed by atoms with Gasteiger partial charge in [0.05, 0.1) is 25.0 Å². The second kappa shape index (κ2) is 6.29. The molecule has 27 heavy (non-hydrogen) atoms. The number of carbonyl (C=O) groups excluding carboxylic acids is 3. The van der Waals surface area contributed by atoms with E-state index in [1.165, 1.54) is 12.0 Å². The summed E-state index contributed by atoms with van der Waals surface area (Å²) >= 11 is 6.19. The van der Waals surface area contributed by atoms with E-state index >= 15 is 0 Å². The molecule has 0 aromatic heterocycles. The smallest absolute Gasteiger partial charge is 0.250 e. The molecule has 3 aliphatic heterocycles. The first-order valence-electron chi connectivity index (χ1n) is 9.06. The van der Waals surface area contributed by atoms with Crippen LogP contribution >= 0.6 is 11.6 Å². The van der Waals surface area contributed by atoms with Crippen molar-refractivity contribution >= 4 is 35.0 Å². The predicted molar refractivity (Wildman–Crippen MR) is 99.1 cm³/mol. The third-order valence-electron chi connectivity index (χ3n) is 5.94. The SMILES string of the molecule is COCCN1C(=O)[C@@H]2[C@H](C(C)C)N[C@@]3(C(=O)Nc4ccc(Cl)cc43)[C@H]2C1=O. The normalized spacial score (nSPS) is 31.8. The molecule has 8 heteroatoms. The molecular weight excluding hydrogens is 370 g/mol. The summed E-state index contributed by atoms with van der Waals surface area (Å²) in [5.74, 6) is -2.22. The van der Waals surface area contributed by atoms with Crippen LogP contribution in [-0.2, 0) is 24.7 Å². The third kappa shape index (κ3) is 2.38. The third-order valence-corrected chi connectivity index (χ3v) is 6.18. The highest BCUT2D eigenvalue weighted by Gasteiger charge is 2.70. The summed E-state index contributed by atoms with van der Waals surface area (Å²) < 4.78 is 5.05. The van der Waals surface area contributed by atoms with Gasteiger partial charge in [-0.25, -0.2) is 0 Å². The summed E-state index contributed by atoms with van der Waals surface area (Å²) in [6, 6.07) is 4.83. The van der Waals surface area contributed by atoms with Gasteiger partial charge in [-0.15, -0.1) is 0 Å². The van der Waals surface area contributed by atoms with Crippen LogP contribution in [-0.4, -0.2) is 48.9 Å². The zero-order valence-electron chi connectivity index (χ0n) is 15.4. The van der Waals surface area contributed by atoms with Gasteiger partial charge in [-0.2, -0.15) is 0 Å². The fraction of sp³-hybridized carbons (Fsp3) is 0.526. The number of rotatable bonds is 4. The molecule has 0 saturated carbocycles. The molecule has 0 unspecified atom stereocenters. The number of carbonyl (C=O) groups is 3. The Bertz CT molecular complexity index is 842. The van der Waals surface area contributed by atoms with Crippen LogP contribution in [0.15, 0.2) is 18.2 Å². The Balaban J connectivity index is 1.86. The van der Waals surface area contributed by atoms with Gasteiger partial charge in [0.25, 0.3) is 0 Å². The van der Waals surface area contributed by atoms with Gasteiger partial charge >= 0.3 is 0 Å². The van der Waals surface area contributed by atoms with Crippen molar-refractivity contribution in [2.24, 2.45) is 17.8 Å². The van der Waals surface area contributed by atoms with Crippen LogP contribution in [0.2, 0.25) is 5.02 Å². The highest BCUT2D eigenvalue weighted by atomic mass is 35.5. The van der Waals surface area contributed by atoms with E-state index in [2.05, 4.69) is 10.6 Å². The Morgan fingerprint density at radius 2 is 2.00 bits per heavy atom. The predicted octanol–water partition coefficient (Wildman–Crippen LogP) is 1.36. The Morgan fingerprint density at radius 1 is 1.26 bits per heavy atom. The van der Waals surface area contributed by atoms with Crippen molar-refractivity contribution in [2.45, 2.75) is 25.4 Å². The van der Waals surface area contributed by atoms with Gasteiger partial charge in [-0.1, -0.05) is 25.4 Å². The Labute approximate surface area is 162 Å². The molecule has 0 aliphatic carbocycles. The number of ether oxygens (including phenoxy) is 1. The van der Waals surface area contributed by atoms with Gasteiger partial charge in [0, 0.05) is 29.4 Å². The second-order valence-electron chi connectivity index (χ2n) is 7.69. The van der Waals surface area contributed by atoms with E-state index in [1.807, 2.05) is 13.8 Å². The summed E-state index contributed by atoms with van der Waals surface area (Å²) in [5.41, 5.74) is -0.0301. The molecule has 7 nitrogen and oxygen atoms in total. The minimum atomic E-state index is -1.28. The average Bonchev–Trinajstić information content (AvgIpc) is 3.20. The van der Waals surface area contributed by atoms with E-state index in [1.54, 1.807) is 18.2 Å². The summed E-state index contributed by atoms with van der Waals surface area (Å²) in [7, 11) is 1.52. The van der Waals surface area contributed by atoms with Crippen molar-refractivity contribution in [3.8, 4) is 0 Å². The summed E-state index contributed by atoms with van der Waals surface area (Å²) in [6.45, 7) is 4.41. The van der Waals surface area contributed by atoms with E-state index in [0.717, 1.165) is 0 Å². The molecule has 3 heterocycles. The molecule has 144 valence electrons. The summed E-state index contributed by atoms with van der Waals surface area (Å²) in [5, 5.41) is 6.70. The molecule has 0 radical (unpaired) electrons. The number of amides is 3. The molecule has 4 atom stereocenters. The maximum Gasteiger partial charge on any atom is 0.250 e. The number of anilines is 1. The number of likely N-dealkylation sites (tertiary alicyclic amines) is 1. The van der Waals surface area contributed by atoms with Crippen molar-refractivity contribution in [3.63, 3.8) is 0 Å². The number of nitrogens with one attached hydrogen (secondary N) is 2. The largest absolute Gasteiger partial charge is 0.383 e. The van der Waals surface area contributed by atoms with Gasteiger partial charge in [-0.05, 0) is 24.1 Å². The number of hydrogen-bond acceptors (Lipinski definition) is 5. The van der Waals surface area contributed by atoms with Crippen LogP contribution in [0.5, 0.6) is 0 Å². The van der Waals surface area contributed by atoms with E-state index in [4.69, 9.17) is 16.3 Å². The lowest BCUT2D eigenvalue weighted by atomic mass is 9.76. The molecule has 1 aromatic rings. The fourth-order valence-electron chi connectivity index (χ4n) is 4.74. The maximum absolute atomic E-state index is 13.3. The summed E-state index contributed by atoms with van der Waals surface area (Å²) in [6.07, 6.45) is 0. The molecule has 1 aromatic carbocycles. The van der Waals surface area contributed by atoms with Gasteiger partial charge < -0.3 is 10.1 Å². The van der Waals surface area contributed by atoms with Crippen molar-refractivity contribution in [1.29, 1.82) is 0 Å². The van der Waals surface area contributed by atoms with Crippen LogP contribution in [0.1, 0.15) is 19.4 Å². The molecule has 3 amide bonds. The minimum absolute atomic E-state index is 0.0621. The lowest BCUT2D eigenvalue weighted by Crippen LogP contribution is -2.54. The van der Waals surface area contributed by atoms with Crippen LogP contribution in [0.25, 0.3) is 0 Å². The zero-order chi connectivity index (χ0) is 19.5. The molecule has 2 saturated heterocycles. The number of benzene rings is 1. The summed E-state index contributed by atoms with van der Waals surface area (Å²) in [4.78, 5) is 40.7. The van der Waals surface area contributed by atoms with E-state index in [-0.39, 0.29) is 42.8 Å². The topological polar surface area (TPSA) is 87.7 Å². The molecule has 3 aliphatic rings. The molecule has 0 bridgehead atoms. The molecule has 2 N–H and O–H groups in total. The number of fused-ring (bicyclic) bond motifs is 4. The molecular formula is C19H22ClN3O4. The quantitative estimate of drug-likeness (QED) is 0.757. The molecule has 4 rings (SSSR count). The first kappa shape index (κ1) is 18.4. The average molecular weight is 392 g/mol. The molecule has 2 fully saturated rings. The minimum Gasteiger partial charge on any atom is -0.383 e. The first-order valence-corrected chi connectivity index (χ1v) is 9.44. The molecule has 1 spiro atoms. The van der Waals surface area contributed by atoms with Crippen molar-refractivity contribution in [3.05, 3.63) is 28.8 Å². The first-order chi connectivity index (χ1) is 12.8.